The molecule has 1 atom stereocenters. The van der Waals surface area contributed by atoms with Gasteiger partial charge in [0.25, 0.3) is 0 Å². The van der Waals surface area contributed by atoms with Crippen molar-refractivity contribution in [1.29, 1.82) is 0 Å². The van der Waals surface area contributed by atoms with E-state index in [9.17, 15) is 19.4 Å². The smallest absolute Gasteiger partial charge is 0.339 e. The summed E-state index contributed by atoms with van der Waals surface area (Å²) in [6, 6.07) is 11.1. The lowest BCUT2D eigenvalue weighted by Crippen LogP contribution is -2.49. The third-order valence-corrected chi connectivity index (χ3v) is 5.65. The van der Waals surface area contributed by atoms with Crippen molar-refractivity contribution >= 4 is 5.97 Å². The lowest BCUT2D eigenvalue weighted by atomic mass is 9.87. The van der Waals surface area contributed by atoms with Crippen LogP contribution in [0.25, 0.3) is 0 Å². The topological polar surface area (TPSA) is 79.2 Å². The Balaban J connectivity index is 1.27. The molecule has 0 saturated carbocycles. The summed E-state index contributed by atoms with van der Waals surface area (Å²) in [5.74, 6) is -0.283. The number of fused-ring (bicyclic) bond motifs is 1. The number of carboxylic acids is 1. The summed E-state index contributed by atoms with van der Waals surface area (Å²) in [5.41, 5.74) is 0.715. The molecule has 0 amide bonds. The van der Waals surface area contributed by atoms with E-state index in [0.717, 1.165) is 37.2 Å². The van der Waals surface area contributed by atoms with Gasteiger partial charge in [-0.15, -0.1) is 0 Å². The average molecular weight is 401 g/mol. The Morgan fingerprint density at radius 2 is 2.00 bits per heavy atom. The SMILES string of the molecule is O=C(O)c1ccccc1OC[C@@H](O)CN1CCC2(CC1)Cc1cc(F)ccc1O2. The minimum absolute atomic E-state index is 0.0210. The first-order valence-corrected chi connectivity index (χ1v) is 9.77. The van der Waals surface area contributed by atoms with Crippen LogP contribution in [0.15, 0.2) is 42.5 Å². The number of aromatic carboxylic acids is 1. The van der Waals surface area contributed by atoms with E-state index in [2.05, 4.69) is 4.90 Å². The van der Waals surface area contributed by atoms with E-state index >= 15 is 0 Å². The first kappa shape index (κ1) is 19.7. The second-order valence-electron chi connectivity index (χ2n) is 7.78. The fourth-order valence-electron chi connectivity index (χ4n) is 4.13. The molecule has 2 aliphatic rings. The van der Waals surface area contributed by atoms with Gasteiger partial charge in [0.15, 0.2) is 0 Å². The Morgan fingerprint density at radius 1 is 1.24 bits per heavy atom. The number of aliphatic hydroxyl groups excluding tert-OH is 1. The van der Waals surface area contributed by atoms with Crippen LogP contribution in [0.2, 0.25) is 0 Å². The summed E-state index contributed by atoms with van der Waals surface area (Å²) in [6.07, 6.45) is 1.59. The normalized spacial score (nSPS) is 18.8. The molecule has 2 aromatic carbocycles. The molecule has 7 heteroatoms. The number of aliphatic hydroxyl groups is 1. The molecule has 1 fully saturated rings. The standard InChI is InChI=1S/C22H24FNO5/c23-16-5-6-19-15(11-16)12-22(29-19)7-9-24(10-8-22)13-17(25)14-28-20-4-2-1-3-18(20)21(26)27/h1-6,11,17,25H,7-10,12-14H2,(H,26,27)/t17-/m0/s1. The summed E-state index contributed by atoms with van der Waals surface area (Å²) in [4.78, 5) is 13.4. The zero-order valence-electron chi connectivity index (χ0n) is 16.0. The number of ether oxygens (including phenoxy) is 2. The monoisotopic (exact) mass is 401 g/mol. The molecular weight excluding hydrogens is 377 g/mol. The number of para-hydroxylation sites is 1. The fourth-order valence-corrected chi connectivity index (χ4v) is 4.13. The Morgan fingerprint density at radius 3 is 2.76 bits per heavy atom. The molecule has 2 heterocycles. The zero-order valence-corrected chi connectivity index (χ0v) is 16.0. The van der Waals surface area contributed by atoms with Gasteiger partial charge in [-0.3, -0.25) is 0 Å². The predicted molar refractivity (Wildman–Crippen MR) is 104 cm³/mol. The predicted octanol–water partition coefficient (Wildman–Crippen LogP) is 2.73. The third kappa shape index (κ3) is 4.36. The van der Waals surface area contributed by atoms with Crippen LogP contribution < -0.4 is 9.47 Å². The van der Waals surface area contributed by atoms with E-state index in [4.69, 9.17) is 9.47 Å². The van der Waals surface area contributed by atoms with Gasteiger partial charge in [0.1, 0.15) is 41.2 Å². The van der Waals surface area contributed by atoms with Gasteiger partial charge in [0.05, 0.1) is 0 Å². The molecule has 0 unspecified atom stereocenters. The number of carboxylic acid groups (broad SMARTS) is 1. The number of nitrogens with zero attached hydrogens (tertiary/aromatic N) is 1. The summed E-state index contributed by atoms with van der Waals surface area (Å²) >= 11 is 0. The van der Waals surface area contributed by atoms with Crippen LogP contribution in [0.3, 0.4) is 0 Å². The van der Waals surface area contributed by atoms with Gasteiger partial charge in [0, 0.05) is 44.5 Å². The van der Waals surface area contributed by atoms with Gasteiger partial charge in [-0.2, -0.15) is 0 Å². The Hall–Kier alpha value is -2.64. The van der Waals surface area contributed by atoms with E-state index in [0.29, 0.717) is 13.0 Å². The molecule has 2 aliphatic heterocycles. The third-order valence-electron chi connectivity index (χ3n) is 5.65. The lowest BCUT2D eigenvalue weighted by Gasteiger charge is -2.39. The number of piperidine rings is 1. The van der Waals surface area contributed by atoms with Gasteiger partial charge in [-0.05, 0) is 30.3 Å². The fraction of sp³-hybridized carbons (Fsp3) is 0.409. The summed E-state index contributed by atoms with van der Waals surface area (Å²) in [7, 11) is 0. The van der Waals surface area contributed by atoms with Gasteiger partial charge in [-0.1, -0.05) is 12.1 Å². The zero-order chi connectivity index (χ0) is 20.4. The first-order valence-electron chi connectivity index (χ1n) is 9.77. The van der Waals surface area contributed by atoms with E-state index in [1.807, 2.05) is 0 Å². The highest BCUT2D eigenvalue weighted by atomic mass is 19.1. The molecule has 0 radical (unpaired) electrons. The molecule has 29 heavy (non-hydrogen) atoms. The molecule has 154 valence electrons. The number of benzene rings is 2. The van der Waals surface area contributed by atoms with Crippen molar-refractivity contribution in [3.8, 4) is 11.5 Å². The van der Waals surface area contributed by atoms with Crippen LogP contribution in [-0.4, -0.2) is 59.0 Å². The molecule has 1 spiro atoms. The Labute approximate surface area is 168 Å². The Kier molecular flexibility index (Phi) is 5.43. The molecule has 0 bridgehead atoms. The largest absolute Gasteiger partial charge is 0.490 e. The van der Waals surface area contributed by atoms with Gasteiger partial charge in [0.2, 0.25) is 0 Å². The highest BCUT2D eigenvalue weighted by Crippen LogP contribution is 2.41. The first-order chi connectivity index (χ1) is 13.9. The lowest BCUT2D eigenvalue weighted by molar-refractivity contribution is -0.00202. The highest BCUT2D eigenvalue weighted by Gasteiger charge is 2.42. The van der Waals surface area contributed by atoms with Crippen LogP contribution in [-0.2, 0) is 6.42 Å². The molecule has 0 aliphatic carbocycles. The summed E-state index contributed by atoms with van der Waals surface area (Å²) in [5, 5.41) is 19.5. The van der Waals surface area contributed by atoms with E-state index < -0.39 is 12.1 Å². The molecular formula is C22H24FNO5. The second kappa shape index (κ2) is 8.00. The molecule has 4 rings (SSSR count). The van der Waals surface area contributed by atoms with Crippen molar-refractivity contribution in [3.05, 3.63) is 59.4 Å². The minimum Gasteiger partial charge on any atom is -0.490 e. The van der Waals surface area contributed by atoms with Crippen molar-refractivity contribution in [1.82, 2.24) is 4.90 Å². The van der Waals surface area contributed by atoms with E-state index in [1.165, 1.54) is 12.1 Å². The van der Waals surface area contributed by atoms with Crippen LogP contribution in [0.4, 0.5) is 4.39 Å². The number of carbonyl (C=O) groups is 1. The van der Waals surface area contributed by atoms with Gasteiger partial charge < -0.3 is 24.6 Å². The number of hydrogen-bond donors (Lipinski definition) is 2. The maximum Gasteiger partial charge on any atom is 0.339 e. The van der Waals surface area contributed by atoms with Crippen LogP contribution in [0, 0.1) is 5.82 Å². The van der Waals surface area contributed by atoms with Gasteiger partial charge >= 0.3 is 5.97 Å². The van der Waals surface area contributed by atoms with E-state index in [-0.39, 0.29) is 29.3 Å². The summed E-state index contributed by atoms with van der Waals surface area (Å²) < 4.78 is 25.1. The van der Waals surface area contributed by atoms with Crippen molar-refractivity contribution < 1.29 is 28.9 Å². The van der Waals surface area contributed by atoms with Crippen LogP contribution in [0.5, 0.6) is 11.5 Å². The van der Waals surface area contributed by atoms with E-state index in [1.54, 1.807) is 30.3 Å². The van der Waals surface area contributed by atoms with Crippen LogP contribution >= 0.6 is 0 Å². The van der Waals surface area contributed by atoms with Crippen LogP contribution in [0.1, 0.15) is 28.8 Å². The van der Waals surface area contributed by atoms with Crippen molar-refractivity contribution in [2.24, 2.45) is 0 Å². The number of likely N-dealkylation sites (tertiary alicyclic amines) is 1. The quantitative estimate of drug-likeness (QED) is 0.775. The Bertz CT molecular complexity index is 895. The molecule has 1 saturated heterocycles. The summed E-state index contributed by atoms with van der Waals surface area (Å²) in [6.45, 7) is 1.98. The molecule has 6 nitrogen and oxygen atoms in total. The van der Waals surface area contributed by atoms with Crippen molar-refractivity contribution in [2.75, 3.05) is 26.2 Å². The van der Waals surface area contributed by atoms with Gasteiger partial charge in [-0.25, -0.2) is 9.18 Å². The minimum atomic E-state index is -1.06. The maximum absolute atomic E-state index is 13.5. The maximum atomic E-state index is 13.5. The second-order valence-corrected chi connectivity index (χ2v) is 7.78. The molecule has 0 aromatic heterocycles. The average Bonchev–Trinajstić information content (AvgIpc) is 3.05. The van der Waals surface area contributed by atoms with Crippen molar-refractivity contribution in [2.45, 2.75) is 31.0 Å². The number of rotatable bonds is 6. The number of halogens is 1. The molecule has 2 aromatic rings. The van der Waals surface area contributed by atoms with Crippen molar-refractivity contribution in [3.63, 3.8) is 0 Å². The number of β-amino-alcohol motifs (C(OH)–C–C–N with tert-alkyl or cyclic N) is 1. The highest BCUT2D eigenvalue weighted by molar-refractivity contribution is 5.90. The number of hydrogen-bond acceptors (Lipinski definition) is 5. The molecule has 2 N–H and O–H groups in total.